The Bertz CT molecular complexity index is 460. The van der Waals surface area contributed by atoms with Crippen LogP contribution >= 0.6 is 15.9 Å². The molecule has 1 heterocycles. The first-order chi connectivity index (χ1) is 9.07. The lowest BCUT2D eigenvalue weighted by molar-refractivity contribution is -0.186. The van der Waals surface area contributed by atoms with Crippen LogP contribution in [0.25, 0.3) is 0 Å². The third kappa shape index (κ3) is 3.16. The summed E-state index contributed by atoms with van der Waals surface area (Å²) in [5, 5.41) is 0. The van der Waals surface area contributed by atoms with E-state index in [1.54, 1.807) is 0 Å². The number of benzene rings is 1. The van der Waals surface area contributed by atoms with Gasteiger partial charge in [-0.2, -0.15) is 0 Å². The van der Waals surface area contributed by atoms with Crippen LogP contribution in [0.1, 0.15) is 5.56 Å². The summed E-state index contributed by atoms with van der Waals surface area (Å²) in [4.78, 5) is 14.0. The van der Waals surface area contributed by atoms with E-state index in [1.807, 2.05) is 25.2 Å². The monoisotopic (exact) mass is 327 g/mol. The van der Waals surface area contributed by atoms with Crippen LogP contribution in [0.5, 0.6) is 0 Å². The van der Waals surface area contributed by atoms with Crippen molar-refractivity contribution in [3.8, 4) is 0 Å². The van der Waals surface area contributed by atoms with Crippen molar-refractivity contribution in [2.75, 3.05) is 33.9 Å². The smallest absolute Gasteiger partial charge is 0.317 e. The SMILES string of the molecule is COC(=O)C1(CN(C)Cc2ccccc2Br)COC1. The van der Waals surface area contributed by atoms with Gasteiger partial charge >= 0.3 is 5.97 Å². The lowest BCUT2D eigenvalue weighted by Gasteiger charge is -2.41. The number of carbonyl (C=O) groups is 1. The van der Waals surface area contributed by atoms with E-state index in [1.165, 1.54) is 12.7 Å². The fraction of sp³-hybridized carbons (Fsp3) is 0.500. The maximum Gasteiger partial charge on any atom is 0.317 e. The van der Waals surface area contributed by atoms with Gasteiger partial charge in [0, 0.05) is 17.6 Å². The topological polar surface area (TPSA) is 38.8 Å². The molecule has 0 radical (unpaired) electrons. The number of methoxy groups -OCH3 is 1. The van der Waals surface area contributed by atoms with Crippen LogP contribution in [0.3, 0.4) is 0 Å². The first-order valence-electron chi connectivity index (χ1n) is 6.15. The molecule has 1 saturated heterocycles. The van der Waals surface area contributed by atoms with Crippen LogP contribution in [-0.4, -0.2) is 44.8 Å². The summed E-state index contributed by atoms with van der Waals surface area (Å²) in [5.74, 6) is -0.183. The van der Waals surface area contributed by atoms with Crippen LogP contribution in [0.4, 0.5) is 0 Å². The average molecular weight is 328 g/mol. The van der Waals surface area contributed by atoms with E-state index < -0.39 is 5.41 Å². The average Bonchev–Trinajstić information content (AvgIpc) is 2.36. The molecular weight excluding hydrogens is 310 g/mol. The molecule has 0 N–H and O–H groups in total. The molecule has 0 aliphatic carbocycles. The Balaban J connectivity index is 1.99. The van der Waals surface area contributed by atoms with Gasteiger partial charge in [0.25, 0.3) is 0 Å². The van der Waals surface area contributed by atoms with Crippen molar-refractivity contribution in [1.82, 2.24) is 4.90 Å². The van der Waals surface area contributed by atoms with Crippen LogP contribution in [0, 0.1) is 5.41 Å². The van der Waals surface area contributed by atoms with E-state index in [4.69, 9.17) is 9.47 Å². The third-order valence-electron chi connectivity index (χ3n) is 3.35. The van der Waals surface area contributed by atoms with Gasteiger partial charge < -0.3 is 14.4 Å². The quantitative estimate of drug-likeness (QED) is 0.776. The molecule has 1 aromatic rings. The molecule has 0 amide bonds. The molecule has 104 valence electrons. The van der Waals surface area contributed by atoms with Gasteiger partial charge in [-0.15, -0.1) is 0 Å². The molecule has 0 atom stereocenters. The summed E-state index contributed by atoms with van der Waals surface area (Å²) < 4.78 is 11.2. The standard InChI is InChI=1S/C14H18BrNO3/c1-16(7-11-5-3-4-6-12(11)15)8-14(9-19-10-14)13(17)18-2/h3-6H,7-10H2,1-2H3. The minimum atomic E-state index is -0.495. The Morgan fingerprint density at radius 3 is 2.68 bits per heavy atom. The maximum absolute atomic E-state index is 11.8. The summed E-state index contributed by atoms with van der Waals surface area (Å²) in [6, 6.07) is 8.09. The summed E-state index contributed by atoms with van der Waals surface area (Å²) in [5.41, 5.74) is 0.704. The maximum atomic E-state index is 11.8. The van der Waals surface area contributed by atoms with Crippen molar-refractivity contribution in [1.29, 1.82) is 0 Å². The minimum Gasteiger partial charge on any atom is -0.468 e. The molecule has 2 rings (SSSR count). The Hall–Kier alpha value is -0.910. The fourth-order valence-corrected chi connectivity index (χ4v) is 2.74. The van der Waals surface area contributed by atoms with Gasteiger partial charge in [-0.05, 0) is 18.7 Å². The van der Waals surface area contributed by atoms with Crippen molar-refractivity contribution in [3.05, 3.63) is 34.3 Å². The van der Waals surface area contributed by atoms with E-state index in [2.05, 4.69) is 26.9 Å². The molecule has 1 aliphatic heterocycles. The highest BCUT2D eigenvalue weighted by Crippen LogP contribution is 2.30. The summed E-state index contributed by atoms with van der Waals surface area (Å²) in [7, 11) is 3.43. The highest BCUT2D eigenvalue weighted by molar-refractivity contribution is 9.10. The van der Waals surface area contributed by atoms with Gasteiger partial charge in [0.1, 0.15) is 5.41 Å². The number of halogens is 1. The second-order valence-electron chi connectivity index (χ2n) is 5.03. The third-order valence-corrected chi connectivity index (χ3v) is 4.12. The first-order valence-corrected chi connectivity index (χ1v) is 6.95. The lowest BCUT2D eigenvalue weighted by atomic mass is 9.85. The molecule has 0 unspecified atom stereocenters. The minimum absolute atomic E-state index is 0.183. The Kier molecular flexibility index (Phi) is 4.60. The van der Waals surface area contributed by atoms with Gasteiger partial charge in [-0.3, -0.25) is 4.79 Å². The van der Waals surface area contributed by atoms with Crippen LogP contribution in [-0.2, 0) is 20.8 Å². The molecule has 1 aromatic carbocycles. The van der Waals surface area contributed by atoms with Gasteiger partial charge in [0.05, 0.1) is 20.3 Å². The fourth-order valence-electron chi connectivity index (χ4n) is 2.33. The number of nitrogens with zero attached hydrogens (tertiary/aromatic N) is 1. The number of hydrogen-bond donors (Lipinski definition) is 0. The Morgan fingerprint density at radius 1 is 1.47 bits per heavy atom. The van der Waals surface area contributed by atoms with Crippen molar-refractivity contribution in [3.63, 3.8) is 0 Å². The number of ether oxygens (including phenoxy) is 2. The van der Waals surface area contributed by atoms with Crippen LogP contribution in [0.2, 0.25) is 0 Å². The molecule has 0 bridgehead atoms. The zero-order chi connectivity index (χ0) is 13.9. The molecular formula is C14H18BrNO3. The molecule has 5 heteroatoms. The van der Waals surface area contributed by atoms with E-state index in [9.17, 15) is 4.79 Å². The Labute approximate surface area is 121 Å². The number of carbonyl (C=O) groups excluding carboxylic acids is 1. The molecule has 0 spiro atoms. The van der Waals surface area contributed by atoms with Gasteiger partial charge in [0.15, 0.2) is 0 Å². The van der Waals surface area contributed by atoms with E-state index in [0.717, 1.165) is 11.0 Å². The van der Waals surface area contributed by atoms with E-state index >= 15 is 0 Å². The predicted molar refractivity (Wildman–Crippen MR) is 75.7 cm³/mol. The molecule has 4 nitrogen and oxygen atoms in total. The van der Waals surface area contributed by atoms with E-state index in [-0.39, 0.29) is 5.97 Å². The van der Waals surface area contributed by atoms with Gasteiger partial charge in [0.2, 0.25) is 0 Å². The molecule has 0 aromatic heterocycles. The van der Waals surface area contributed by atoms with Crippen molar-refractivity contribution >= 4 is 21.9 Å². The molecule has 19 heavy (non-hydrogen) atoms. The van der Waals surface area contributed by atoms with E-state index in [0.29, 0.717) is 19.8 Å². The number of hydrogen-bond acceptors (Lipinski definition) is 4. The second-order valence-corrected chi connectivity index (χ2v) is 5.88. The number of esters is 1. The van der Waals surface area contributed by atoms with Crippen molar-refractivity contribution in [2.45, 2.75) is 6.54 Å². The molecule has 0 saturated carbocycles. The normalized spacial score (nSPS) is 17.1. The molecule has 1 aliphatic rings. The molecule has 1 fully saturated rings. The summed E-state index contributed by atoms with van der Waals surface area (Å²) in [6.07, 6.45) is 0. The van der Waals surface area contributed by atoms with Crippen LogP contribution < -0.4 is 0 Å². The highest BCUT2D eigenvalue weighted by atomic mass is 79.9. The zero-order valence-electron chi connectivity index (χ0n) is 11.2. The first kappa shape index (κ1) is 14.5. The zero-order valence-corrected chi connectivity index (χ0v) is 12.8. The predicted octanol–water partition coefficient (Wildman–Crippen LogP) is 2.07. The van der Waals surface area contributed by atoms with Gasteiger partial charge in [-0.1, -0.05) is 34.1 Å². The van der Waals surface area contributed by atoms with Crippen LogP contribution in [0.15, 0.2) is 28.7 Å². The number of rotatable bonds is 5. The highest BCUT2D eigenvalue weighted by Gasteiger charge is 2.47. The lowest BCUT2D eigenvalue weighted by Crippen LogP contribution is -2.55. The van der Waals surface area contributed by atoms with Crippen molar-refractivity contribution < 1.29 is 14.3 Å². The van der Waals surface area contributed by atoms with Gasteiger partial charge in [-0.25, -0.2) is 0 Å². The van der Waals surface area contributed by atoms with Crippen molar-refractivity contribution in [2.24, 2.45) is 5.41 Å². The second kappa shape index (κ2) is 6.03. The Morgan fingerprint density at radius 2 is 2.16 bits per heavy atom. The summed E-state index contributed by atoms with van der Waals surface area (Å²) >= 11 is 3.54. The largest absolute Gasteiger partial charge is 0.468 e. The summed E-state index contributed by atoms with van der Waals surface area (Å²) in [6.45, 7) is 2.31.